The molecule has 0 radical (unpaired) electrons. The molecule has 0 spiro atoms. The molecule has 0 saturated heterocycles. The maximum Gasteiger partial charge on any atom is 0.231 e. The summed E-state index contributed by atoms with van der Waals surface area (Å²) in [5.74, 6) is 1.22. The van der Waals surface area contributed by atoms with Crippen molar-refractivity contribution >= 4 is 11.6 Å². The van der Waals surface area contributed by atoms with Gasteiger partial charge in [0.1, 0.15) is 5.82 Å². The van der Waals surface area contributed by atoms with Crippen LogP contribution in [0, 0.1) is 11.7 Å². The van der Waals surface area contributed by atoms with Gasteiger partial charge in [0.05, 0.1) is 12.3 Å². The monoisotopic (exact) mass is 424 g/mol. The van der Waals surface area contributed by atoms with Crippen LogP contribution in [-0.2, 0) is 16.2 Å². The Labute approximate surface area is 180 Å². The van der Waals surface area contributed by atoms with Gasteiger partial charge in [-0.15, -0.1) is 0 Å². The molecule has 2 aromatic carbocycles. The lowest BCUT2D eigenvalue weighted by Gasteiger charge is -2.27. The number of oxime groups is 1. The molecular formula is C24H25FN2O4. The molecule has 1 saturated carbocycles. The number of halogens is 1. The Kier molecular flexibility index (Phi) is 5.49. The average Bonchev–Trinajstić information content (AvgIpc) is 3.55. The fourth-order valence-electron chi connectivity index (χ4n) is 4.51. The molecule has 1 amide bonds. The lowest BCUT2D eigenvalue weighted by molar-refractivity contribution is -0.137. The van der Waals surface area contributed by atoms with Crippen LogP contribution in [0.15, 0.2) is 47.6 Å². The summed E-state index contributed by atoms with van der Waals surface area (Å²) in [5.41, 5.74) is 2.24. The van der Waals surface area contributed by atoms with Gasteiger partial charge in [-0.05, 0) is 37.1 Å². The van der Waals surface area contributed by atoms with Crippen LogP contribution < -0.4 is 9.47 Å². The van der Waals surface area contributed by atoms with Crippen molar-refractivity contribution in [3.63, 3.8) is 0 Å². The van der Waals surface area contributed by atoms with Gasteiger partial charge < -0.3 is 19.2 Å². The van der Waals surface area contributed by atoms with Gasteiger partial charge >= 0.3 is 0 Å². The van der Waals surface area contributed by atoms with Gasteiger partial charge in [0.25, 0.3) is 0 Å². The van der Waals surface area contributed by atoms with Gasteiger partial charge in [-0.1, -0.05) is 36.2 Å². The van der Waals surface area contributed by atoms with Crippen LogP contribution in [0.3, 0.4) is 0 Å². The Morgan fingerprint density at radius 2 is 1.90 bits per heavy atom. The zero-order valence-corrected chi connectivity index (χ0v) is 17.3. The average molecular weight is 424 g/mol. The minimum absolute atomic E-state index is 0.0161. The number of hydrogen-bond acceptors (Lipinski definition) is 5. The number of ether oxygens (including phenoxy) is 2. The van der Waals surface area contributed by atoms with E-state index in [0.717, 1.165) is 42.7 Å². The van der Waals surface area contributed by atoms with E-state index in [1.807, 2.05) is 18.2 Å². The van der Waals surface area contributed by atoms with E-state index in [-0.39, 0.29) is 37.1 Å². The molecule has 2 heterocycles. The van der Waals surface area contributed by atoms with Crippen molar-refractivity contribution < 1.29 is 23.5 Å². The van der Waals surface area contributed by atoms with Crippen molar-refractivity contribution in [2.45, 2.75) is 44.8 Å². The van der Waals surface area contributed by atoms with Gasteiger partial charge in [0.15, 0.2) is 17.6 Å². The number of benzene rings is 2. The predicted octanol–water partition coefficient (Wildman–Crippen LogP) is 4.27. The SMILES string of the molecule is O=C(C1CCCC1)N(Cc1ccccc1F)CC1CC(c2ccc3c(c2)OCO3)=NO1. The zero-order valence-electron chi connectivity index (χ0n) is 17.3. The second-order valence-electron chi connectivity index (χ2n) is 8.33. The highest BCUT2D eigenvalue weighted by Crippen LogP contribution is 2.34. The molecule has 2 aromatic rings. The molecule has 7 heteroatoms. The molecule has 31 heavy (non-hydrogen) atoms. The molecule has 2 aliphatic heterocycles. The van der Waals surface area contributed by atoms with Gasteiger partial charge in [-0.2, -0.15) is 0 Å². The first-order valence-corrected chi connectivity index (χ1v) is 10.8. The number of carbonyl (C=O) groups excluding carboxylic acids is 1. The first-order valence-electron chi connectivity index (χ1n) is 10.8. The first-order chi connectivity index (χ1) is 15.2. The third kappa shape index (κ3) is 4.22. The lowest BCUT2D eigenvalue weighted by Crippen LogP contribution is -2.40. The van der Waals surface area contributed by atoms with Crippen molar-refractivity contribution in [2.75, 3.05) is 13.3 Å². The van der Waals surface area contributed by atoms with Crippen molar-refractivity contribution in [1.82, 2.24) is 4.90 Å². The molecule has 5 rings (SSSR count). The largest absolute Gasteiger partial charge is 0.454 e. The molecule has 6 nitrogen and oxygen atoms in total. The Hall–Kier alpha value is -3.09. The molecular weight excluding hydrogens is 399 g/mol. The zero-order chi connectivity index (χ0) is 21.2. The van der Waals surface area contributed by atoms with Crippen LogP contribution in [0.2, 0.25) is 0 Å². The fourth-order valence-corrected chi connectivity index (χ4v) is 4.51. The second kappa shape index (κ2) is 8.57. The number of nitrogens with zero attached hydrogens (tertiary/aromatic N) is 2. The van der Waals surface area contributed by atoms with Crippen LogP contribution >= 0.6 is 0 Å². The highest BCUT2D eigenvalue weighted by Gasteiger charge is 2.32. The molecule has 1 atom stereocenters. The summed E-state index contributed by atoms with van der Waals surface area (Å²) in [6.07, 6.45) is 4.25. The molecule has 162 valence electrons. The van der Waals surface area contributed by atoms with Gasteiger partial charge in [0, 0.05) is 30.0 Å². The maximum absolute atomic E-state index is 14.3. The van der Waals surface area contributed by atoms with Gasteiger partial charge in [-0.25, -0.2) is 4.39 Å². The summed E-state index contributed by atoms with van der Waals surface area (Å²) < 4.78 is 25.1. The Bertz CT molecular complexity index is 1000. The van der Waals surface area contributed by atoms with Crippen LogP contribution in [0.1, 0.15) is 43.2 Å². The van der Waals surface area contributed by atoms with Gasteiger partial charge in [0.2, 0.25) is 12.7 Å². The third-order valence-electron chi connectivity index (χ3n) is 6.20. The lowest BCUT2D eigenvalue weighted by atomic mass is 10.0. The smallest absolute Gasteiger partial charge is 0.231 e. The quantitative estimate of drug-likeness (QED) is 0.695. The van der Waals surface area contributed by atoms with E-state index < -0.39 is 0 Å². The van der Waals surface area contributed by atoms with Crippen LogP contribution in [0.25, 0.3) is 0 Å². The third-order valence-corrected chi connectivity index (χ3v) is 6.20. The van der Waals surface area contributed by atoms with E-state index in [1.54, 1.807) is 23.1 Å². The normalized spacial score (nSPS) is 19.9. The molecule has 3 aliphatic rings. The molecule has 1 aliphatic carbocycles. The number of rotatable bonds is 6. The predicted molar refractivity (Wildman–Crippen MR) is 112 cm³/mol. The van der Waals surface area contributed by atoms with E-state index in [0.29, 0.717) is 24.3 Å². The number of amides is 1. The van der Waals surface area contributed by atoms with Gasteiger partial charge in [-0.3, -0.25) is 4.79 Å². The van der Waals surface area contributed by atoms with Crippen LogP contribution in [-0.4, -0.2) is 36.0 Å². The molecule has 0 bridgehead atoms. The van der Waals surface area contributed by atoms with E-state index in [4.69, 9.17) is 14.3 Å². The Balaban J connectivity index is 1.29. The minimum atomic E-state index is -0.295. The summed E-state index contributed by atoms with van der Waals surface area (Å²) in [6, 6.07) is 12.3. The summed E-state index contributed by atoms with van der Waals surface area (Å²) in [5, 5.41) is 4.26. The van der Waals surface area contributed by atoms with Crippen molar-refractivity contribution in [3.8, 4) is 11.5 Å². The van der Waals surface area contributed by atoms with Crippen LogP contribution in [0.4, 0.5) is 4.39 Å². The Morgan fingerprint density at radius 3 is 2.74 bits per heavy atom. The molecule has 0 N–H and O–H groups in total. The first kappa shape index (κ1) is 19.8. The van der Waals surface area contributed by atoms with Crippen molar-refractivity contribution in [3.05, 3.63) is 59.4 Å². The summed E-state index contributed by atoms with van der Waals surface area (Å²) in [4.78, 5) is 20.6. The van der Waals surface area contributed by atoms with E-state index in [2.05, 4.69) is 5.16 Å². The highest BCUT2D eigenvalue weighted by molar-refractivity contribution is 6.01. The van der Waals surface area contributed by atoms with Crippen LogP contribution in [0.5, 0.6) is 11.5 Å². The maximum atomic E-state index is 14.3. The fraction of sp³-hybridized carbons (Fsp3) is 0.417. The molecule has 0 aromatic heterocycles. The van der Waals surface area contributed by atoms with E-state index in [1.165, 1.54) is 6.07 Å². The molecule has 1 fully saturated rings. The summed E-state index contributed by atoms with van der Waals surface area (Å²) >= 11 is 0. The minimum Gasteiger partial charge on any atom is -0.454 e. The Morgan fingerprint density at radius 1 is 1.10 bits per heavy atom. The van der Waals surface area contributed by atoms with E-state index >= 15 is 0 Å². The van der Waals surface area contributed by atoms with Crippen molar-refractivity contribution in [1.29, 1.82) is 0 Å². The highest BCUT2D eigenvalue weighted by atomic mass is 19.1. The van der Waals surface area contributed by atoms with Crippen molar-refractivity contribution in [2.24, 2.45) is 11.1 Å². The number of fused-ring (bicyclic) bond motifs is 1. The van der Waals surface area contributed by atoms with E-state index in [9.17, 15) is 9.18 Å². The number of hydrogen-bond donors (Lipinski definition) is 0. The topological polar surface area (TPSA) is 60.4 Å². The summed E-state index contributed by atoms with van der Waals surface area (Å²) in [6.45, 7) is 0.834. The standard InChI is InChI=1S/C24H25FN2O4/c25-20-8-4-3-7-18(20)13-27(24(28)16-5-1-2-6-16)14-19-12-21(26-31-19)17-9-10-22-23(11-17)30-15-29-22/h3-4,7-11,16,19H,1-2,5-6,12-15H2. The molecule has 1 unspecified atom stereocenters. The second-order valence-corrected chi connectivity index (χ2v) is 8.33. The number of carbonyl (C=O) groups is 1. The summed E-state index contributed by atoms with van der Waals surface area (Å²) in [7, 11) is 0.